The fourth-order valence-electron chi connectivity index (χ4n) is 3.98. The summed E-state index contributed by atoms with van der Waals surface area (Å²) >= 11 is 0. The second-order valence-corrected chi connectivity index (χ2v) is 9.76. The fourth-order valence-corrected chi connectivity index (χ4v) is 5.51. The first kappa shape index (κ1) is 23.3. The minimum Gasteiger partial charge on any atom is -0.493 e. The summed E-state index contributed by atoms with van der Waals surface area (Å²) in [6, 6.07) is 19.6. The third-order valence-corrected chi connectivity index (χ3v) is 7.58. The normalized spacial score (nSPS) is 18.5. The Hall–Kier alpha value is -2.91. The molecule has 0 unspecified atom stereocenters. The second-order valence-electron chi connectivity index (χ2n) is 7.87. The van der Waals surface area contributed by atoms with Crippen LogP contribution in [-0.4, -0.2) is 38.3 Å². The number of hydrogen-bond donors (Lipinski definition) is 1. The monoisotopic (exact) mass is 469 g/mol. The maximum absolute atomic E-state index is 13.5. The molecule has 8 heteroatoms. The van der Waals surface area contributed by atoms with Crippen molar-refractivity contribution in [3.8, 4) is 11.5 Å². The average Bonchev–Trinajstić information content (AvgIpc) is 2.83. The molecule has 1 aliphatic rings. The minimum atomic E-state index is -3.97. The van der Waals surface area contributed by atoms with Gasteiger partial charge in [0.1, 0.15) is 12.7 Å². The zero-order chi connectivity index (χ0) is 23.6. The van der Waals surface area contributed by atoms with E-state index in [9.17, 15) is 13.5 Å². The van der Waals surface area contributed by atoms with Crippen LogP contribution in [0.25, 0.3) is 0 Å². The number of rotatable bonds is 7. The van der Waals surface area contributed by atoms with Gasteiger partial charge in [0.15, 0.2) is 17.7 Å². The number of aliphatic hydroxyl groups is 1. The summed E-state index contributed by atoms with van der Waals surface area (Å²) in [5.41, 5.74) is 2.98. The van der Waals surface area contributed by atoms with Crippen molar-refractivity contribution in [3.05, 3.63) is 89.0 Å². The number of fused-ring (bicyclic) bond motifs is 1. The third-order valence-electron chi connectivity index (χ3n) is 5.76. The lowest BCUT2D eigenvalue weighted by molar-refractivity contribution is -0.0868. The van der Waals surface area contributed by atoms with Crippen LogP contribution in [0, 0.1) is 6.92 Å². The molecule has 7 nitrogen and oxygen atoms in total. The number of aliphatic hydroxyl groups excluding tert-OH is 1. The van der Waals surface area contributed by atoms with E-state index in [1.54, 1.807) is 36.4 Å². The molecular formula is C25H27NO6S. The Kier molecular flexibility index (Phi) is 6.71. The van der Waals surface area contributed by atoms with E-state index in [-0.39, 0.29) is 18.0 Å². The van der Waals surface area contributed by atoms with Gasteiger partial charge in [-0.05, 0) is 36.2 Å². The van der Waals surface area contributed by atoms with Gasteiger partial charge in [0.05, 0.1) is 12.0 Å². The first-order valence-corrected chi connectivity index (χ1v) is 12.0. The molecule has 33 heavy (non-hydrogen) atoms. The van der Waals surface area contributed by atoms with Crippen molar-refractivity contribution in [2.24, 2.45) is 0 Å². The van der Waals surface area contributed by atoms with Crippen LogP contribution in [0.1, 0.15) is 28.4 Å². The van der Waals surface area contributed by atoms with Crippen LogP contribution < -0.4 is 9.47 Å². The van der Waals surface area contributed by atoms with Crippen LogP contribution in [-0.2, 0) is 27.9 Å². The number of hydrogen-bond acceptors (Lipinski definition) is 6. The van der Waals surface area contributed by atoms with E-state index in [0.29, 0.717) is 22.6 Å². The van der Waals surface area contributed by atoms with Gasteiger partial charge in [0.2, 0.25) is 10.0 Å². The van der Waals surface area contributed by atoms with Gasteiger partial charge in [-0.3, -0.25) is 0 Å². The van der Waals surface area contributed by atoms with E-state index in [1.165, 1.54) is 18.5 Å². The first-order valence-electron chi connectivity index (χ1n) is 10.5. The lowest BCUT2D eigenvalue weighted by Gasteiger charge is -2.39. The van der Waals surface area contributed by atoms with Crippen molar-refractivity contribution in [1.29, 1.82) is 0 Å². The number of ether oxygens (including phenoxy) is 3. The quantitative estimate of drug-likeness (QED) is 0.567. The molecule has 3 aromatic rings. The molecule has 0 spiro atoms. The molecule has 1 N–H and O–H groups in total. The molecule has 174 valence electrons. The predicted molar refractivity (Wildman–Crippen MR) is 123 cm³/mol. The molecular weight excluding hydrogens is 442 g/mol. The maximum atomic E-state index is 13.5. The SMILES string of the molecule is COc1ccc2c(c1OCc1ccccc1)CN(S(=O)(=O)c1ccc(C)cc1)[C@H](OC)[C@@H]2O. The van der Waals surface area contributed by atoms with E-state index in [0.717, 1.165) is 11.1 Å². The fraction of sp³-hybridized carbons (Fsp3) is 0.280. The number of nitrogens with zero attached hydrogens (tertiary/aromatic N) is 1. The first-order chi connectivity index (χ1) is 15.9. The van der Waals surface area contributed by atoms with Crippen molar-refractivity contribution < 1.29 is 27.7 Å². The Balaban J connectivity index is 1.77. The van der Waals surface area contributed by atoms with Crippen molar-refractivity contribution >= 4 is 10.0 Å². The van der Waals surface area contributed by atoms with E-state index in [2.05, 4.69) is 0 Å². The predicted octanol–water partition coefficient (Wildman–Crippen LogP) is 3.79. The summed E-state index contributed by atoms with van der Waals surface area (Å²) in [4.78, 5) is 0.125. The van der Waals surface area contributed by atoms with Crippen molar-refractivity contribution in [2.75, 3.05) is 14.2 Å². The summed E-state index contributed by atoms with van der Waals surface area (Å²) in [5, 5.41) is 11.1. The van der Waals surface area contributed by atoms with Gasteiger partial charge < -0.3 is 19.3 Å². The van der Waals surface area contributed by atoms with Crippen LogP contribution in [0.2, 0.25) is 0 Å². The van der Waals surface area contributed by atoms with Crippen LogP contribution in [0.5, 0.6) is 11.5 Å². The minimum absolute atomic E-state index is 0.0393. The lowest BCUT2D eigenvalue weighted by Crippen LogP contribution is -2.47. The second kappa shape index (κ2) is 9.52. The topological polar surface area (TPSA) is 85.3 Å². The maximum Gasteiger partial charge on any atom is 0.245 e. The molecule has 0 saturated carbocycles. The summed E-state index contributed by atoms with van der Waals surface area (Å²) in [6.07, 6.45) is -2.29. The van der Waals surface area contributed by atoms with Gasteiger partial charge in [-0.15, -0.1) is 0 Å². The van der Waals surface area contributed by atoms with Gasteiger partial charge in [0.25, 0.3) is 0 Å². The zero-order valence-electron chi connectivity index (χ0n) is 18.8. The van der Waals surface area contributed by atoms with Gasteiger partial charge in [-0.1, -0.05) is 54.1 Å². The molecule has 1 aliphatic heterocycles. The molecule has 1 heterocycles. The molecule has 0 aromatic heterocycles. The smallest absolute Gasteiger partial charge is 0.245 e. The molecule has 0 aliphatic carbocycles. The van der Waals surface area contributed by atoms with Crippen molar-refractivity contribution in [1.82, 2.24) is 4.31 Å². The Morgan fingerprint density at radius 3 is 2.33 bits per heavy atom. The average molecular weight is 470 g/mol. The molecule has 0 fully saturated rings. The van der Waals surface area contributed by atoms with Gasteiger partial charge in [-0.2, -0.15) is 4.31 Å². The summed E-state index contributed by atoms with van der Waals surface area (Å²) in [6.45, 7) is 2.11. The van der Waals surface area contributed by atoms with Crippen molar-refractivity contribution in [3.63, 3.8) is 0 Å². The van der Waals surface area contributed by atoms with Gasteiger partial charge in [0, 0.05) is 19.2 Å². The summed E-state index contributed by atoms with van der Waals surface area (Å²) in [5.74, 6) is 0.858. The Labute approximate surface area is 194 Å². The zero-order valence-corrected chi connectivity index (χ0v) is 19.6. The highest BCUT2D eigenvalue weighted by atomic mass is 32.2. The molecule has 4 rings (SSSR count). The van der Waals surface area contributed by atoms with E-state index < -0.39 is 22.4 Å². The van der Waals surface area contributed by atoms with Crippen LogP contribution >= 0.6 is 0 Å². The molecule has 0 radical (unpaired) electrons. The highest BCUT2D eigenvalue weighted by molar-refractivity contribution is 7.89. The van der Waals surface area contributed by atoms with E-state index in [4.69, 9.17) is 14.2 Å². The molecule has 0 bridgehead atoms. The Morgan fingerprint density at radius 2 is 1.70 bits per heavy atom. The number of benzene rings is 3. The van der Waals surface area contributed by atoms with E-state index in [1.807, 2.05) is 37.3 Å². The van der Waals surface area contributed by atoms with Crippen molar-refractivity contribution in [2.45, 2.75) is 37.3 Å². The van der Waals surface area contributed by atoms with Crippen LogP contribution in [0.3, 0.4) is 0 Å². The molecule has 3 aromatic carbocycles. The Morgan fingerprint density at radius 1 is 1.00 bits per heavy atom. The third kappa shape index (κ3) is 4.47. The standard InChI is InChI=1S/C25H27NO6S/c1-17-9-11-19(12-10-17)33(28,29)26-15-21-20(23(27)25(26)31-3)13-14-22(30-2)24(21)32-16-18-7-5-4-6-8-18/h4-14,23,25,27H,15-16H2,1-3H3/t23-,25-/m1/s1. The number of sulfonamides is 1. The number of aryl methyl sites for hydroxylation is 1. The highest BCUT2D eigenvalue weighted by Crippen LogP contribution is 2.43. The summed E-state index contributed by atoms with van der Waals surface area (Å²) in [7, 11) is -1.06. The Bertz CT molecular complexity index is 1210. The largest absolute Gasteiger partial charge is 0.493 e. The molecule has 0 amide bonds. The van der Waals surface area contributed by atoms with Crippen LogP contribution in [0.4, 0.5) is 0 Å². The number of methoxy groups -OCH3 is 2. The molecule has 0 saturated heterocycles. The lowest BCUT2D eigenvalue weighted by atomic mass is 9.96. The highest BCUT2D eigenvalue weighted by Gasteiger charge is 2.43. The summed E-state index contributed by atoms with van der Waals surface area (Å²) < 4.78 is 45.3. The van der Waals surface area contributed by atoms with E-state index >= 15 is 0 Å². The van der Waals surface area contributed by atoms with Gasteiger partial charge >= 0.3 is 0 Å². The molecule has 2 atom stereocenters. The van der Waals surface area contributed by atoms with Crippen LogP contribution in [0.15, 0.2) is 71.6 Å². The van der Waals surface area contributed by atoms with Gasteiger partial charge in [-0.25, -0.2) is 8.42 Å².